The van der Waals surface area contributed by atoms with Gasteiger partial charge in [-0.1, -0.05) is 37.3 Å². The molecule has 98 valence electrons. The number of rotatable bonds is 4. The highest BCUT2D eigenvalue weighted by Gasteiger charge is 2.16. The number of aromatic hydroxyl groups is 1. The standard InChI is InChI=1S/C15H15NO3/c1-10(11-6-4-3-5-7-11)12-8-13(16-18)15(19-2)9-14(12)17/h3-10,17H,1-2H3. The van der Waals surface area contributed by atoms with Gasteiger partial charge in [-0.05, 0) is 16.8 Å². The highest BCUT2D eigenvalue weighted by molar-refractivity contribution is 5.60. The van der Waals surface area contributed by atoms with Gasteiger partial charge in [0.2, 0.25) is 0 Å². The van der Waals surface area contributed by atoms with Crippen LogP contribution < -0.4 is 4.74 Å². The van der Waals surface area contributed by atoms with Crippen molar-refractivity contribution in [2.45, 2.75) is 12.8 Å². The molecular formula is C15H15NO3. The lowest BCUT2D eigenvalue weighted by molar-refractivity contribution is 0.407. The molecule has 1 unspecified atom stereocenters. The van der Waals surface area contributed by atoms with Crippen LogP contribution >= 0.6 is 0 Å². The van der Waals surface area contributed by atoms with E-state index in [0.717, 1.165) is 5.56 Å². The zero-order valence-electron chi connectivity index (χ0n) is 10.8. The van der Waals surface area contributed by atoms with Gasteiger partial charge in [0.1, 0.15) is 11.4 Å². The molecule has 0 amide bonds. The normalized spacial score (nSPS) is 11.9. The zero-order chi connectivity index (χ0) is 13.8. The maximum atomic E-state index is 10.8. The van der Waals surface area contributed by atoms with E-state index in [4.69, 9.17) is 4.74 Å². The average molecular weight is 257 g/mol. The summed E-state index contributed by atoms with van der Waals surface area (Å²) >= 11 is 0. The second-order valence-electron chi connectivity index (χ2n) is 4.31. The second-order valence-corrected chi connectivity index (χ2v) is 4.31. The molecule has 0 saturated carbocycles. The summed E-state index contributed by atoms with van der Waals surface area (Å²) in [5.41, 5.74) is 1.90. The highest BCUT2D eigenvalue weighted by Crippen LogP contribution is 2.39. The molecule has 0 spiro atoms. The van der Waals surface area contributed by atoms with Crippen LogP contribution in [0.2, 0.25) is 0 Å². The van der Waals surface area contributed by atoms with E-state index in [1.807, 2.05) is 37.3 Å². The van der Waals surface area contributed by atoms with E-state index in [1.54, 1.807) is 6.07 Å². The Bertz CT molecular complexity index is 581. The van der Waals surface area contributed by atoms with Crippen LogP contribution in [0.15, 0.2) is 47.6 Å². The molecule has 0 saturated heterocycles. The number of methoxy groups -OCH3 is 1. The Balaban J connectivity index is 2.48. The number of nitrogens with zero attached hydrogens (tertiary/aromatic N) is 1. The van der Waals surface area contributed by atoms with Crippen LogP contribution in [0, 0.1) is 4.91 Å². The first kappa shape index (κ1) is 13.1. The van der Waals surface area contributed by atoms with E-state index in [9.17, 15) is 10.0 Å². The topological polar surface area (TPSA) is 58.9 Å². The largest absolute Gasteiger partial charge is 0.508 e. The summed E-state index contributed by atoms with van der Waals surface area (Å²) in [7, 11) is 1.43. The number of phenols is 1. The van der Waals surface area contributed by atoms with Crippen LogP contribution in [0.1, 0.15) is 24.0 Å². The smallest absolute Gasteiger partial charge is 0.151 e. The Hall–Kier alpha value is -2.36. The van der Waals surface area contributed by atoms with Crippen molar-refractivity contribution in [3.05, 3.63) is 58.5 Å². The maximum absolute atomic E-state index is 10.8. The fraction of sp³-hybridized carbons (Fsp3) is 0.200. The predicted molar refractivity (Wildman–Crippen MR) is 74.1 cm³/mol. The molecule has 2 aromatic carbocycles. The van der Waals surface area contributed by atoms with E-state index in [2.05, 4.69) is 5.18 Å². The molecule has 2 aromatic rings. The van der Waals surface area contributed by atoms with E-state index < -0.39 is 0 Å². The second kappa shape index (κ2) is 5.52. The Morgan fingerprint density at radius 1 is 1.21 bits per heavy atom. The van der Waals surface area contributed by atoms with Gasteiger partial charge in [0, 0.05) is 17.5 Å². The molecule has 0 fully saturated rings. The van der Waals surface area contributed by atoms with Gasteiger partial charge in [0.25, 0.3) is 0 Å². The SMILES string of the molecule is COc1cc(O)c(C(C)c2ccccc2)cc1N=O. The molecule has 4 heteroatoms. The van der Waals surface area contributed by atoms with Crippen molar-refractivity contribution >= 4 is 5.69 Å². The van der Waals surface area contributed by atoms with Gasteiger partial charge >= 0.3 is 0 Å². The van der Waals surface area contributed by atoms with E-state index >= 15 is 0 Å². The Kier molecular flexibility index (Phi) is 3.80. The van der Waals surface area contributed by atoms with E-state index in [1.165, 1.54) is 13.2 Å². The number of nitroso groups, excluding NO2 is 1. The third kappa shape index (κ3) is 2.57. The fourth-order valence-corrected chi connectivity index (χ4v) is 2.08. The molecular weight excluding hydrogens is 242 g/mol. The first-order valence-electron chi connectivity index (χ1n) is 5.96. The van der Waals surface area contributed by atoms with Crippen molar-refractivity contribution < 1.29 is 9.84 Å². The van der Waals surface area contributed by atoms with Crippen molar-refractivity contribution in [1.29, 1.82) is 0 Å². The molecule has 2 rings (SSSR count). The highest BCUT2D eigenvalue weighted by atomic mass is 16.5. The lowest BCUT2D eigenvalue weighted by Crippen LogP contribution is -1.97. The quantitative estimate of drug-likeness (QED) is 0.843. The van der Waals surface area contributed by atoms with Crippen LogP contribution in [0.5, 0.6) is 11.5 Å². The number of benzene rings is 2. The minimum absolute atomic E-state index is 0.0346. The Labute approximate surface area is 111 Å². The van der Waals surface area contributed by atoms with Crippen LogP contribution in [0.4, 0.5) is 5.69 Å². The molecule has 19 heavy (non-hydrogen) atoms. The molecule has 1 atom stereocenters. The summed E-state index contributed by atoms with van der Waals surface area (Å²) in [6.07, 6.45) is 0. The summed E-state index contributed by atoms with van der Waals surface area (Å²) in [5, 5.41) is 13.0. The van der Waals surface area contributed by atoms with Gasteiger partial charge in [-0.25, -0.2) is 0 Å². The molecule has 0 radical (unpaired) electrons. The van der Waals surface area contributed by atoms with Crippen molar-refractivity contribution in [2.75, 3.05) is 7.11 Å². The molecule has 0 aliphatic carbocycles. The van der Waals surface area contributed by atoms with Crippen molar-refractivity contribution in [1.82, 2.24) is 0 Å². The Morgan fingerprint density at radius 3 is 2.47 bits per heavy atom. The van der Waals surface area contributed by atoms with Crippen molar-refractivity contribution in [2.24, 2.45) is 5.18 Å². The van der Waals surface area contributed by atoms with Gasteiger partial charge in [0.05, 0.1) is 7.11 Å². The van der Waals surface area contributed by atoms with Crippen LogP contribution in [-0.4, -0.2) is 12.2 Å². The average Bonchev–Trinajstić information content (AvgIpc) is 2.47. The van der Waals surface area contributed by atoms with Gasteiger partial charge in [-0.3, -0.25) is 0 Å². The molecule has 0 heterocycles. The van der Waals surface area contributed by atoms with Crippen molar-refractivity contribution in [3.63, 3.8) is 0 Å². The third-order valence-corrected chi connectivity index (χ3v) is 3.19. The first-order valence-corrected chi connectivity index (χ1v) is 5.96. The Morgan fingerprint density at radius 2 is 1.89 bits per heavy atom. The number of ether oxygens (including phenoxy) is 1. The summed E-state index contributed by atoms with van der Waals surface area (Å²) in [6.45, 7) is 1.96. The first-order chi connectivity index (χ1) is 9.17. The number of phenolic OH excluding ortho intramolecular Hbond substituents is 1. The lowest BCUT2D eigenvalue weighted by Gasteiger charge is -2.15. The third-order valence-electron chi connectivity index (χ3n) is 3.19. The number of hydrogen-bond acceptors (Lipinski definition) is 4. The molecule has 0 aliphatic rings. The zero-order valence-corrected chi connectivity index (χ0v) is 10.8. The summed E-state index contributed by atoms with van der Waals surface area (Å²) in [6, 6.07) is 12.7. The minimum atomic E-state index is -0.0346. The van der Waals surface area contributed by atoms with Gasteiger partial charge in [0.15, 0.2) is 5.75 Å². The van der Waals surface area contributed by atoms with Gasteiger partial charge in [-0.2, -0.15) is 0 Å². The lowest BCUT2D eigenvalue weighted by atomic mass is 9.92. The van der Waals surface area contributed by atoms with Gasteiger partial charge in [-0.15, -0.1) is 4.91 Å². The van der Waals surface area contributed by atoms with Crippen LogP contribution in [0.25, 0.3) is 0 Å². The van der Waals surface area contributed by atoms with Crippen LogP contribution in [-0.2, 0) is 0 Å². The monoisotopic (exact) mass is 257 g/mol. The summed E-state index contributed by atoms with van der Waals surface area (Å²) in [4.78, 5) is 10.8. The van der Waals surface area contributed by atoms with E-state index in [-0.39, 0.29) is 23.1 Å². The summed E-state index contributed by atoms with van der Waals surface area (Å²) < 4.78 is 5.00. The van der Waals surface area contributed by atoms with Gasteiger partial charge < -0.3 is 9.84 Å². The van der Waals surface area contributed by atoms with Crippen LogP contribution in [0.3, 0.4) is 0 Å². The maximum Gasteiger partial charge on any atom is 0.151 e. The summed E-state index contributed by atoms with van der Waals surface area (Å²) in [5.74, 6) is 0.338. The molecule has 0 bridgehead atoms. The molecule has 4 nitrogen and oxygen atoms in total. The predicted octanol–water partition coefficient (Wildman–Crippen LogP) is 3.95. The molecule has 0 aliphatic heterocycles. The fourth-order valence-electron chi connectivity index (χ4n) is 2.08. The number of hydrogen-bond donors (Lipinski definition) is 1. The molecule has 1 N–H and O–H groups in total. The molecule has 0 aromatic heterocycles. The minimum Gasteiger partial charge on any atom is -0.508 e. The van der Waals surface area contributed by atoms with Crippen molar-refractivity contribution in [3.8, 4) is 11.5 Å². The van der Waals surface area contributed by atoms with E-state index in [0.29, 0.717) is 5.56 Å².